The Morgan fingerprint density at radius 2 is 1.12 bits per heavy atom. The molecule has 2 aliphatic heterocycles. The summed E-state index contributed by atoms with van der Waals surface area (Å²) in [6.07, 6.45) is 0. The second kappa shape index (κ2) is 9.46. The Kier molecular flexibility index (Phi) is 6.48. The molecule has 0 fully saturated rings. The number of nitrogens with one attached hydrogen (secondary N) is 1. The molecule has 3 aromatic carbocycles. The number of thioether (sulfide) groups is 2. The van der Waals surface area contributed by atoms with E-state index < -0.39 is 0 Å². The molecule has 5 rings (SSSR count). The Hall–Kier alpha value is -3.29. The van der Waals surface area contributed by atoms with E-state index in [1.165, 1.54) is 28.4 Å². The lowest BCUT2D eigenvalue weighted by molar-refractivity contribution is 0.101. The maximum atomic E-state index is 12.4. The number of rotatable bonds is 1. The number of carbonyl (C=O) groups excluding carboxylic acids is 3. The average Bonchev–Trinajstić information content (AvgIpc) is 3.32. The minimum Gasteiger partial charge on any atom is -0.331 e. The van der Waals surface area contributed by atoms with Crippen LogP contribution >= 0.6 is 23.5 Å². The lowest BCUT2D eigenvalue weighted by Crippen LogP contribution is -2.27. The predicted molar refractivity (Wildman–Crippen MR) is 129 cm³/mol. The van der Waals surface area contributed by atoms with Crippen LogP contribution in [-0.2, 0) is 0 Å². The van der Waals surface area contributed by atoms with Crippen molar-refractivity contribution in [3.63, 3.8) is 0 Å². The zero-order valence-corrected chi connectivity index (χ0v) is 19.1. The van der Waals surface area contributed by atoms with Gasteiger partial charge in [-0.3, -0.25) is 9.59 Å². The third-order valence-electron chi connectivity index (χ3n) is 4.74. The van der Waals surface area contributed by atoms with Crippen LogP contribution in [0.4, 0.5) is 10.5 Å². The number of nitrogens with zero attached hydrogens (tertiary/aromatic N) is 1. The molecule has 2 amide bonds. The van der Waals surface area contributed by atoms with Crippen LogP contribution in [-0.4, -0.2) is 36.6 Å². The largest absolute Gasteiger partial charge is 0.331 e. The first-order valence-corrected chi connectivity index (χ1v) is 11.5. The first-order chi connectivity index (χ1) is 15.5. The lowest BCUT2D eigenvalue weighted by atomic mass is 10.1. The van der Waals surface area contributed by atoms with Gasteiger partial charge in [0.25, 0.3) is 0 Å². The van der Waals surface area contributed by atoms with Crippen LogP contribution in [0.2, 0.25) is 0 Å². The normalized spacial score (nSPS) is 16.1. The number of fused-ring (bicyclic) bond motifs is 2. The van der Waals surface area contributed by atoms with Crippen molar-refractivity contribution in [1.29, 1.82) is 0 Å². The van der Waals surface area contributed by atoms with Crippen LogP contribution in [0, 0.1) is 0 Å². The fraction of sp³-hybridized carbons (Fsp3) is 0.0800. The van der Waals surface area contributed by atoms with Gasteiger partial charge >= 0.3 is 6.03 Å². The highest BCUT2D eigenvalue weighted by Gasteiger charge is 2.35. The Morgan fingerprint density at radius 3 is 1.56 bits per heavy atom. The summed E-state index contributed by atoms with van der Waals surface area (Å²) in [6, 6.07) is 24.2. The molecule has 0 spiro atoms. The number of Topliss-reactive ketones (excluding diaryl/α,β-unsaturated/α-hetero) is 2. The van der Waals surface area contributed by atoms with Crippen molar-refractivity contribution in [3.05, 3.63) is 99.8 Å². The van der Waals surface area contributed by atoms with Gasteiger partial charge in [-0.05, 0) is 36.4 Å². The number of hydrogen-bond acceptors (Lipinski definition) is 5. The molecule has 3 aromatic rings. The van der Waals surface area contributed by atoms with Crippen LogP contribution in [0.25, 0.3) is 0 Å². The molecule has 0 atom stereocenters. The van der Waals surface area contributed by atoms with Gasteiger partial charge in [-0.15, -0.1) is 0 Å². The zero-order valence-electron chi connectivity index (χ0n) is 17.5. The molecular weight excluding hydrogens is 440 g/mol. The van der Waals surface area contributed by atoms with Crippen molar-refractivity contribution in [1.82, 2.24) is 4.90 Å². The first kappa shape index (κ1) is 21.9. The summed E-state index contributed by atoms with van der Waals surface area (Å²) in [7, 11) is 3.41. The topological polar surface area (TPSA) is 66.5 Å². The van der Waals surface area contributed by atoms with Gasteiger partial charge in [0.1, 0.15) is 0 Å². The van der Waals surface area contributed by atoms with Gasteiger partial charge in [0, 0.05) is 40.7 Å². The Labute approximate surface area is 194 Å². The van der Waals surface area contributed by atoms with Gasteiger partial charge < -0.3 is 10.2 Å². The van der Waals surface area contributed by atoms with E-state index in [1.54, 1.807) is 14.1 Å². The van der Waals surface area contributed by atoms with Crippen LogP contribution in [0.3, 0.4) is 0 Å². The third-order valence-corrected chi connectivity index (χ3v) is 7.21. The maximum absolute atomic E-state index is 12.4. The first-order valence-electron chi connectivity index (χ1n) is 9.86. The van der Waals surface area contributed by atoms with E-state index in [1.807, 2.05) is 78.9 Å². The maximum Gasteiger partial charge on any atom is 0.321 e. The van der Waals surface area contributed by atoms with E-state index in [9.17, 15) is 14.4 Å². The molecule has 0 bridgehead atoms. The molecule has 160 valence electrons. The molecule has 1 N–H and O–H groups in total. The number of urea groups is 1. The highest BCUT2D eigenvalue weighted by atomic mass is 32.2. The number of hydrogen-bond donors (Lipinski definition) is 1. The van der Waals surface area contributed by atoms with E-state index in [-0.39, 0.29) is 17.6 Å². The smallest absolute Gasteiger partial charge is 0.321 e. The SMILES string of the molecule is CN(C)C(=O)Nc1ccccc1.O=C1/C(=C2/Sc3ccccc3C2=O)Sc2ccccc21. The van der Waals surface area contributed by atoms with E-state index in [4.69, 9.17) is 0 Å². The molecule has 0 saturated heterocycles. The van der Waals surface area contributed by atoms with Gasteiger partial charge in [-0.2, -0.15) is 0 Å². The number of para-hydroxylation sites is 1. The number of benzene rings is 3. The van der Waals surface area contributed by atoms with Gasteiger partial charge in [-0.1, -0.05) is 66.0 Å². The second-order valence-electron chi connectivity index (χ2n) is 7.20. The lowest BCUT2D eigenvalue weighted by Gasteiger charge is -2.11. The molecule has 0 saturated carbocycles. The molecule has 2 aliphatic rings. The minimum atomic E-state index is -0.110. The van der Waals surface area contributed by atoms with Crippen LogP contribution in [0.15, 0.2) is 98.5 Å². The van der Waals surface area contributed by atoms with Crippen LogP contribution in [0.1, 0.15) is 20.7 Å². The average molecular weight is 461 g/mol. The third kappa shape index (κ3) is 4.49. The number of allylic oxidation sites excluding steroid dienone is 2. The van der Waals surface area contributed by atoms with Gasteiger partial charge in [0.15, 0.2) is 0 Å². The highest BCUT2D eigenvalue weighted by molar-refractivity contribution is 8.08. The molecule has 7 heteroatoms. The van der Waals surface area contributed by atoms with Gasteiger partial charge in [-0.25, -0.2) is 4.79 Å². The summed E-state index contributed by atoms with van der Waals surface area (Å²) in [6.45, 7) is 0. The zero-order chi connectivity index (χ0) is 22.7. The summed E-state index contributed by atoms with van der Waals surface area (Å²) in [5, 5.41) is 2.73. The summed E-state index contributed by atoms with van der Waals surface area (Å²) < 4.78 is 0. The fourth-order valence-corrected chi connectivity index (χ4v) is 5.40. The van der Waals surface area contributed by atoms with Crippen molar-refractivity contribution < 1.29 is 14.4 Å². The molecule has 5 nitrogen and oxygen atoms in total. The van der Waals surface area contributed by atoms with E-state index >= 15 is 0 Å². The van der Waals surface area contributed by atoms with Crippen molar-refractivity contribution in [3.8, 4) is 0 Å². The second-order valence-corrected chi connectivity index (χ2v) is 9.31. The Balaban J connectivity index is 0.000000176. The van der Waals surface area contributed by atoms with Crippen molar-refractivity contribution >= 4 is 46.8 Å². The van der Waals surface area contributed by atoms with E-state index in [0.717, 1.165) is 15.5 Å². The highest BCUT2D eigenvalue weighted by Crippen LogP contribution is 2.49. The molecule has 2 heterocycles. The number of carbonyl (C=O) groups is 3. The molecule has 0 unspecified atom stereocenters. The summed E-state index contributed by atoms with van der Waals surface area (Å²) >= 11 is 2.81. The monoisotopic (exact) mass is 460 g/mol. The van der Waals surface area contributed by atoms with Crippen LogP contribution < -0.4 is 5.32 Å². The van der Waals surface area contributed by atoms with E-state index in [0.29, 0.717) is 20.9 Å². The minimum absolute atomic E-state index is 0.0331. The predicted octanol–water partition coefficient (Wildman–Crippen LogP) is 5.96. The van der Waals surface area contributed by atoms with Crippen molar-refractivity contribution in [2.75, 3.05) is 19.4 Å². The van der Waals surface area contributed by atoms with Crippen molar-refractivity contribution in [2.45, 2.75) is 9.79 Å². The standard InChI is InChI=1S/C16H8O2S2.C9H12N2O/c17-13-9-5-1-3-7-11(9)19-15(13)16-14(18)10-6-2-4-8-12(10)20-16;1-11(2)9(12)10-8-6-4-3-5-7-8/h1-8H;3-7H,1-2H3,(H,10,12)/b16-15-;. The summed E-state index contributed by atoms with van der Waals surface area (Å²) in [4.78, 5) is 40.5. The Bertz CT molecular complexity index is 1170. The Morgan fingerprint density at radius 1 is 0.688 bits per heavy atom. The number of ketones is 2. The fourth-order valence-electron chi connectivity index (χ4n) is 3.10. The number of anilines is 1. The molecule has 0 aromatic heterocycles. The van der Waals surface area contributed by atoms with Crippen LogP contribution in [0.5, 0.6) is 0 Å². The van der Waals surface area contributed by atoms with E-state index in [2.05, 4.69) is 5.32 Å². The molecule has 32 heavy (non-hydrogen) atoms. The molecule has 0 radical (unpaired) electrons. The molecular formula is C25H20N2O3S2. The van der Waals surface area contributed by atoms with Crippen molar-refractivity contribution in [2.24, 2.45) is 0 Å². The summed E-state index contributed by atoms with van der Waals surface area (Å²) in [5.74, 6) is -0.0662. The summed E-state index contributed by atoms with van der Waals surface area (Å²) in [5.41, 5.74) is 2.21. The van der Waals surface area contributed by atoms with Gasteiger partial charge in [0.05, 0.1) is 9.81 Å². The molecule has 0 aliphatic carbocycles. The van der Waals surface area contributed by atoms with Gasteiger partial charge in [0.2, 0.25) is 11.6 Å². The number of amides is 2. The quantitative estimate of drug-likeness (QED) is 0.454.